The lowest BCUT2D eigenvalue weighted by Gasteiger charge is -2.22. The van der Waals surface area contributed by atoms with Crippen molar-refractivity contribution in [1.29, 1.82) is 0 Å². The lowest BCUT2D eigenvalue weighted by atomic mass is 9.83. The van der Waals surface area contributed by atoms with Crippen molar-refractivity contribution in [3.8, 4) is 23.7 Å². The summed E-state index contributed by atoms with van der Waals surface area (Å²) in [6.45, 7) is 0. The molecule has 2 unspecified atom stereocenters. The van der Waals surface area contributed by atoms with Crippen molar-refractivity contribution in [1.82, 2.24) is 19.9 Å². The Morgan fingerprint density at radius 2 is 0.864 bits per heavy atom. The van der Waals surface area contributed by atoms with E-state index in [2.05, 4.69) is 55.8 Å². The number of aromatic nitrogens is 4. The van der Waals surface area contributed by atoms with E-state index in [-0.39, 0.29) is 17.6 Å². The lowest BCUT2D eigenvalue weighted by molar-refractivity contribution is -0.121. The van der Waals surface area contributed by atoms with Crippen LogP contribution in [0.3, 0.4) is 0 Å². The molecule has 0 saturated heterocycles. The molecule has 6 heterocycles. The zero-order chi connectivity index (χ0) is 30.0. The summed E-state index contributed by atoms with van der Waals surface area (Å²) in [7, 11) is 0. The van der Waals surface area contributed by atoms with Crippen LogP contribution >= 0.6 is 22.7 Å². The van der Waals surface area contributed by atoms with Crippen LogP contribution in [-0.4, -0.2) is 25.7 Å². The van der Waals surface area contributed by atoms with Crippen LogP contribution in [0, 0.1) is 23.7 Å². The van der Waals surface area contributed by atoms with E-state index in [1.807, 2.05) is 60.7 Å². The average molecular weight is 607 g/mol. The lowest BCUT2D eigenvalue weighted by Crippen LogP contribution is -2.23. The molecule has 6 aromatic rings. The highest BCUT2D eigenvalue weighted by molar-refractivity contribution is 7.13. The molecule has 44 heavy (non-hydrogen) atoms. The molecule has 0 saturated carbocycles. The fraction of sp³-hybridized carbons (Fsp3) is 0.108. The maximum atomic E-state index is 14.7. The molecule has 7 heteroatoms. The maximum Gasteiger partial charge on any atom is 0.150 e. The van der Waals surface area contributed by atoms with Gasteiger partial charge in [0.05, 0.1) is 21.6 Å². The highest BCUT2D eigenvalue weighted by atomic mass is 32.1. The van der Waals surface area contributed by atoms with Crippen LogP contribution < -0.4 is 0 Å². The van der Waals surface area contributed by atoms with Gasteiger partial charge in [0.15, 0.2) is 0 Å². The molecule has 0 aromatic carbocycles. The number of hydrogen-bond acceptors (Lipinski definition) is 7. The molecular weight excluding hydrogens is 581 g/mol. The average Bonchev–Trinajstić information content (AvgIpc) is 3.76. The Balaban J connectivity index is 1.34. The number of hydrogen-bond donors (Lipinski definition) is 0. The van der Waals surface area contributed by atoms with Crippen molar-refractivity contribution in [2.45, 2.75) is 24.7 Å². The van der Waals surface area contributed by atoms with Crippen LogP contribution in [0.4, 0.5) is 0 Å². The summed E-state index contributed by atoms with van der Waals surface area (Å²) in [5, 5.41) is 0. The van der Waals surface area contributed by atoms with E-state index < -0.39 is 0 Å². The van der Waals surface area contributed by atoms with Gasteiger partial charge in [-0.15, -0.1) is 22.7 Å². The van der Waals surface area contributed by atoms with E-state index >= 15 is 0 Å². The highest BCUT2D eigenvalue weighted by Gasteiger charge is 2.32. The number of thiophene rings is 2. The van der Waals surface area contributed by atoms with Gasteiger partial charge in [0, 0.05) is 70.5 Å². The second-order valence-electron chi connectivity index (χ2n) is 10.0. The monoisotopic (exact) mass is 606 g/mol. The third-order valence-corrected chi connectivity index (χ3v) is 9.26. The second kappa shape index (κ2) is 14.3. The Hall–Kier alpha value is -5.21. The zero-order valence-corrected chi connectivity index (χ0v) is 25.3. The smallest absolute Gasteiger partial charge is 0.150 e. The summed E-state index contributed by atoms with van der Waals surface area (Å²) < 4.78 is 0. The highest BCUT2D eigenvalue weighted by Crippen LogP contribution is 2.37. The molecule has 0 amide bonds. The summed E-state index contributed by atoms with van der Waals surface area (Å²) in [4.78, 5) is 35.1. The molecule has 0 fully saturated rings. The van der Waals surface area contributed by atoms with Gasteiger partial charge in [-0.25, -0.2) is 0 Å². The predicted octanol–water partition coefficient (Wildman–Crippen LogP) is 7.11. The largest absolute Gasteiger partial charge is 0.298 e. The van der Waals surface area contributed by atoms with Gasteiger partial charge in [0.2, 0.25) is 0 Å². The van der Waals surface area contributed by atoms with Gasteiger partial charge in [-0.05, 0) is 96.8 Å². The van der Waals surface area contributed by atoms with Crippen LogP contribution in [0.1, 0.15) is 53.6 Å². The number of Topliss-reactive ketones (excluding diaryl/α,β-unsaturated/α-hetero) is 1. The number of carbonyl (C=O) groups excluding carboxylic acids is 1. The normalized spacial score (nSPS) is 11.8. The molecule has 0 bridgehead atoms. The van der Waals surface area contributed by atoms with Crippen molar-refractivity contribution in [2.75, 3.05) is 0 Å². The molecule has 0 N–H and O–H groups in total. The van der Waals surface area contributed by atoms with Crippen molar-refractivity contribution in [3.05, 3.63) is 164 Å². The molecular formula is C37H26N4OS2. The minimum atomic E-state index is -0.348. The van der Waals surface area contributed by atoms with Crippen LogP contribution in [0.25, 0.3) is 0 Å². The Morgan fingerprint density at radius 1 is 0.500 bits per heavy atom. The number of ketones is 1. The van der Waals surface area contributed by atoms with Gasteiger partial charge in [-0.2, -0.15) is 0 Å². The van der Waals surface area contributed by atoms with Crippen LogP contribution in [-0.2, 0) is 17.6 Å². The molecule has 2 atom stereocenters. The predicted molar refractivity (Wildman–Crippen MR) is 175 cm³/mol. The number of rotatable bonds is 8. The van der Waals surface area contributed by atoms with Crippen LogP contribution in [0.2, 0.25) is 0 Å². The van der Waals surface area contributed by atoms with Crippen molar-refractivity contribution >= 4 is 28.5 Å². The quantitative estimate of drug-likeness (QED) is 0.173. The van der Waals surface area contributed by atoms with Crippen LogP contribution in [0.5, 0.6) is 0 Å². The van der Waals surface area contributed by atoms with Crippen LogP contribution in [0.15, 0.2) is 122 Å². The number of pyridine rings is 4. The van der Waals surface area contributed by atoms with E-state index in [9.17, 15) is 4.79 Å². The Labute approximate surface area is 264 Å². The minimum absolute atomic E-state index is 0.171. The fourth-order valence-electron chi connectivity index (χ4n) is 4.79. The molecule has 0 radical (unpaired) electrons. The topological polar surface area (TPSA) is 68.6 Å². The van der Waals surface area contributed by atoms with Gasteiger partial charge in [-0.1, -0.05) is 23.7 Å². The van der Waals surface area contributed by atoms with Gasteiger partial charge < -0.3 is 0 Å². The minimum Gasteiger partial charge on any atom is -0.298 e. The Bertz CT molecular complexity index is 1810. The standard InChI is InChI=1S/C37H26N4OS2/c42-37(33(25-29-13-21-40-22-14-29)35-7-5-31(43-35)3-1-27-9-17-38-18-10-27)34(26-30-15-23-41-24-16-30)36-8-6-32(44-36)4-2-28-11-19-39-20-12-28/h5-24,33-34H,25-26H2. The Kier molecular flexibility index (Phi) is 9.39. The van der Waals surface area contributed by atoms with E-state index in [4.69, 9.17) is 0 Å². The van der Waals surface area contributed by atoms with E-state index in [1.54, 1.807) is 72.2 Å². The maximum absolute atomic E-state index is 14.7. The first kappa shape index (κ1) is 28.9. The summed E-state index contributed by atoms with van der Waals surface area (Å²) in [6.07, 6.45) is 15.2. The molecule has 5 nitrogen and oxygen atoms in total. The first-order valence-electron chi connectivity index (χ1n) is 14.1. The summed E-state index contributed by atoms with van der Waals surface area (Å²) in [5.74, 6) is 12.4. The summed E-state index contributed by atoms with van der Waals surface area (Å²) in [5.41, 5.74) is 3.93. The van der Waals surface area contributed by atoms with Gasteiger partial charge in [0.1, 0.15) is 5.78 Å². The number of carbonyl (C=O) groups is 1. The first-order valence-corrected chi connectivity index (χ1v) is 15.7. The van der Waals surface area contributed by atoms with E-state index in [0.29, 0.717) is 12.8 Å². The SMILES string of the molecule is O=C(C(Cc1ccncc1)c1ccc(C#Cc2ccncc2)s1)C(Cc1ccncc1)c1ccc(C#Cc2ccncc2)s1. The molecule has 6 aromatic heterocycles. The number of nitrogens with zero attached hydrogens (tertiary/aromatic N) is 4. The van der Waals surface area contributed by atoms with Gasteiger partial charge >= 0.3 is 0 Å². The molecule has 0 spiro atoms. The summed E-state index contributed by atoms with van der Waals surface area (Å²) in [6, 6.07) is 23.6. The third kappa shape index (κ3) is 7.59. The Morgan fingerprint density at radius 3 is 1.25 bits per heavy atom. The van der Waals surface area contributed by atoms with Crippen molar-refractivity contribution < 1.29 is 4.79 Å². The second-order valence-corrected chi connectivity index (χ2v) is 12.2. The molecule has 6 rings (SSSR count). The zero-order valence-electron chi connectivity index (χ0n) is 23.6. The van der Waals surface area contributed by atoms with Gasteiger partial charge in [-0.3, -0.25) is 24.7 Å². The summed E-state index contributed by atoms with van der Waals surface area (Å²) >= 11 is 3.16. The fourth-order valence-corrected chi connectivity index (χ4v) is 6.73. The van der Waals surface area contributed by atoms with Crippen molar-refractivity contribution in [3.63, 3.8) is 0 Å². The molecule has 0 aliphatic heterocycles. The van der Waals surface area contributed by atoms with E-state index in [0.717, 1.165) is 41.8 Å². The molecule has 0 aliphatic carbocycles. The van der Waals surface area contributed by atoms with Crippen molar-refractivity contribution in [2.24, 2.45) is 0 Å². The molecule has 0 aliphatic rings. The van der Waals surface area contributed by atoms with Gasteiger partial charge in [0.25, 0.3) is 0 Å². The molecule has 212 valence electrons. The van der Waals surface area contributed by atoms with E-state index in [1.165, 1.54) is 0 Å². The first-order chi connectivity index (χ1) is 21.7. The third-order valence-electron chi connectivity index (χ3n) is 7.03.